The van der Waals surface area contributed by atoms with Gasteiger partial charge < -0.3 is 24.7 Å². The Morgan fingerprint density at radius 1 is 1.17 bits per heavy atom. The molecule has 9 nitrogen and oxygen atoms in total. The molecule has 2 aromatic rings. The van der Waals surface area contributed by atoms with Crippen LogP contribution in [0.2, 0.25) is 0 Å². The van der Waals surface area contributed by atoms with Crippen LogP contribution in [0.3, 0.4) is 0 Å². The number of benzene rings is 1. The number of nitrogens with two attached hydrogens (primary N) is 1. The molecule has 1 atom stereocenters. The summed E-state index contributed by atoms with van der Waals surface area (Å²) in [6.07, 6.45) is 4.41. The summed E-state index contributed by atoms with van der Waals surface area (Å²) >= 11 is 0. The number of hydrogen-bond donors (Lipinski definition) is 1. The zero-order valence-corrected chi connectivity index (χ0v) is 16.7. The molecular formula is C21H25N5O4. The first kappa shape index (κ1) is 18.9. The Bertz CT molecular complexity index is 988. The quantitative estimate of drug-likeness (QED) is 0.813. The van der Waals surface area contributed by atoms with Crippen LogP contribution >= 0.6 is 0 Å². The van der Waals surface area contributed by atoms with E-state index in [0.717, 1.165) is 48.6 Å². The SMILES string of the molecule is NC(=O)[C@@H]1CCCN1c1ccc2c(c1)OCCn1cc(N3CCCOCC3=O)nc1-2. The molecule has 2 saturated heterocycles. The van der Waals surface area contributed by atoms with Gasteiger partial charge in [0.15, 0.2) is 5.82 Å². The van der Waals surface area contributed by atoms with E-state index in [-0.39, 0.29) is 24.5 Å². The second-order valence-corrected chi connectivity index (χ2v) is 7.85. The number of hydrogen-bond acceptors (Lipinski definition) is 6. The van der Waals surface area contributed by atoms with Crippen molar-refractivity contribution in [3.8, 4) is 17.1 Å². The lowest BCUT2D eigenvalue weighted by Gasteiger charge is -2.25. The summed E-state index contributed by atoms with van der Waals surface area (Å²) in [5, 5.41) is 0. The smallest absolute Gasteiger partial charge is 0.254 e. The minimum absolute atomic E-state index is 0.0703. The molecule has 4 heterocycles. The van der Waals surface area contributed by atoms with Crippen molar-refractivity contribution in [1.82, 2.24) is 9.55 Å². The largest absolute Gasteiger partial charge is 0.491 e. The molecule has 9 heteroatoms. The van der Waals surface area contributed by atoms with Gasteiger partial charge in [-0.2, -0.15) is 0 Å². The Labute approximate surface area is 174 Å². The van der Waals surface area contributed by atoms with Crippen molar-refractivity contribution in [1.29, 1.82) is 0 Å². The first-order valence-corrected chi connectivity index (χ1v) is 10.4. The molecule has 3 aliphatic rings. The van der Waals surface area contributed by atoms with Crippen molar-refractivity contribution >= 4 is 23.3 Å². The zero-order chi connectivity index (χ0) is 20.7. The summed E-state index contributed by atoms with van der Waals surface area (Å²) in [7, 11) is 0. The zero-order valence-electron chi connectivity index (χ0n) is 16.7. The van der Waals surface area contributed by atoms with Crippen LogP contribution in [0, 0.1) is 0 Å². The standard InChI is InChI=1S/C21H25N5O4/c22-20(28)16-3-1-6-25(16)14-4-5-15-17(11-14)30-10-8-24-12-18(23-21(15)24)26-7-2-9-29-13-19(26)27/h4-5,11-12,16H,1-3,6-10,13H2,(H2,22,28)/t16-/m0/s1. The second kappa shape index (κ2) is 7.64. The second-order valence-electron chi connectivity index (χ2n) is 7.85. The summed E-state index contributed by atoms with van der Waals surface area (Å²) in [4.78, 5) is 32.7. The van der Waals surface area contributed by atoms with Crippen molar-refractivity contribution in [2.24, 2.45) is 5.73 Å². The van der Waals surface area contributed by atoms with Crippen LogP contribution in [-0.4, -0.2) is 60.3 Å². The topological polar surface area (TPSA) is 103 Å². The predicted octanol–water partition coefficient (Wildman–Crippen LogP) is 1.15. The van der Waals surface area contributed by atoms with E-state index in [1.807, 2.05) is 33.9 Å². The number of anilines is 2. The van der Waals surface area contributed by atoms with E-state index in [1.54, 1.807) is 4.90 Å². The molecule has 0 radical (unpaired) electrons. The predicted molar refractivity (Wildman–Crippen MR) is 111 cm³/mol. The van der Waals surface area contributed by atoms with Crippen LogP contribution in [0.5, 0.6) is 5.75 Å². The van der Waals surface area contributed by atoms with E-state index >= 15 is 0 Å². The minimum atomic E-state index is -0.297. The maximum absolute atomic E-state index is 12.4. The van der Waals surface area contributed by atoms with Crippen LogP contribution < -0.4 is 20.3 Å². The number of carbonyl (C=O) groups excluding carboxylic acids is 2. The minimum Gasteiger partial charge on any atom is -0.491 e. The van der Waals surface area contributed by atoms with Gasteiger partial charge in [-0.15, -0.1) is 0 Å². The van der Waals surface area contributed by atoms with Gasteiger partial charge in [-0.05, 0) is 31.4 Å². The molecule has 1 aromatic heterocycles. The van der Waals surface area contributed by atoms with Crippen LogP contribution in [0.15, 0.2) is 24.4 Å². The van der Waals surface area contributed by atoms with Crippen molar-refractivity contribution < 1.29 is 19.1 Å². The molecule has 2 fully saturated rings. The number of rotatable bonds is 3. The van der Waals surface area contributed by atoms with Gasteiger partial charge in [0.1, 0.15) is 30.8 Å². The van der Waals surface area contributed by atoms with Crippen LogP contribution in [0.4, 0.5) is 11.5 Å². The number of ether oxygens (including phenoxy) is 2. The van der Waals surface area contributed by atoms with Crippen molar-refractivity contribution in [2.45, 2.75) is 31.8 Å². The van der Waals surface area contributed by atoms with Gasteiger partial charge >= 0.3 is 0 Å². The Balaban J connectivity index is 1.49. The van der Waals surface area contributed by atoms with E-state index < -0.39 is 0 Å². The lowest BCUT2D eigenvalue weighted by molar-refractivity contribution is -0.122. The monoisotopic (exact) mass is 411 g/mol. The molecular weight excluding hydrogens is 386 g/mol. The Hall–Kier alpha value is -3.07. The molecule has 5 rings (SSSR count). The maximum atomic E-state index is 12.4. The summed E-state index contributed by atoms with van der Waals surface area (Å²) in [5.41, 5.74) is 7.38. The lowest BCUT2D eigenvalue weighted by Crippen LogP contribution is -2.40. The molecule has 0 aliphatic carbocycles. The Morgan fingerprint density at radius 3 is 2.93 bits per heavy atom. The Morgan fingerprint density at radius 2 is 2.07 bits per heavy atom. The average molecular weight is 411 g/mol. The first-order chi connectivity index (χ1) is 14.6. The molecule has 3 aliphatic heterocycles. The molecule has 2 amide bonds. The van der Waals surface area contributed by atoms with E-state index in [2.05, 4.69) is 0 Å². The fourth-order valence-corrected chi connectivity index (χ4v) is 4.47. The molecule has 1 aromatic carbocycles. The lowest BCUT2D eigenvalue weighted by atomic mass is 10.1. The van der Waals surface area contributed by atoms with E-state index in [1.165, 1.54) is 0 Å². The van der Waals surface area contributed by atoms with Crippen molar-refractivity contribution in [2.75, 3.05) is 42.7 Å². The average Bonchev–Trinajstić information content (AvgIpc) is 3.29. The van der Waals surface area contributed by atoms with E-state index in [9.17, 15) is 9.59 Å². The highest BCUT2D eigenvalue weighted by molar-refractivity contribution is 5.94. The number of primary amides is 1. The van der Waals surface area contributed by atoms with Gasteiger partial charge in [-0.1, -0.05) is 0 Å². The number of fused-ring (bicyclic) bond motifs is 3. The first-order valence-electron chi connectivity index (χ1n) is 10.4. The van der Waals surface area contributed by atoms with E-state index in [0.29, 0.717) is 32.1 Å². The van der Waals surface area contributed by atoms with Crippen molar-refractivity contribution in [3.05, 3.63) is 24.4 Å². The number of aromatic nitrogens is 2. The van der Waals surface area contributed by atoms with Crippen molar-refractivity contribution in [3.63, 3.8) is 0 Å². The number of amides is 2. The molecule has 0 saturated carbocycles. The third-order valence-electron chi connectivity index (χ3n) is 5.95. The maximum Gasteiger partial charge on any atom is 0.254 e. The molecule has 0 spiro atoms. The highest BCUT2D eigenvalue weighted by atomic mass is 16.5. The van der Waals surface area contributed by atoms with Gasteiger partial charge in [0.05, 0.1) is 12.1 Å². The van der Waals surface area contributed by atoms with Gasteiger partial charge in [0.2, 0.25) is 5.91 Å². The van der Waals surface area contributed by atoms with Crippen LogP contribution in [0.25, 0.3) is 11.4 Å². The molecule has 0 bridgehead atoms. The van der Waals surface area contributed by atoms with Crippen LogP contribution in [0.1, 0.15) is 19.3 Å². The fraction of sp³-hybridized carbons (Fsp3) is 0.476. The third kappa shape index (κ3) is 3.28. The summed E-state index contributed by atoms with van der Waals surface area (Å²) < 4.78 is 13.4. The molecule has 158 valence electrons. The Kier molecular flexibility index (Phi) is 4.82. The highest BCUT2D eigenvalue weighted by Gasteiger charge is 2.30. The number of imidazole rings is 1. The summed E-state index contributed by atoms with van der Waals surface area (Å²) in [5.74, 6) is 1.78. The van der Waals surface area contributed by atoms with Crippen LogP contribution in [-0.2, 0) is 20.9 Å². The number of nitrogens with zero attached hydrogens (tertiary/aromatic N) is 4. The normalized spacial score (nSPS) is 21.5. The van der Waals surface area contributed by atoms with Gasteiger partial charge in [0.25, 0.3) is 5.91 Å². The number of carbonyl (C=O) groups is 2. The van der Waals surface area contributed by atoms with Gasteiger partial charge in [0, 0.05) is 37.6 Å². The third-order valence-corrected chi connectivity index (χ3v) is 5.95. The fourth-order valence-electron chi connectivity index (χ4n) is 4.47. The summed E-state index contributed by atoms with van der Waals surface area (Å²) in [6, 6.07) is 5.64. The summed E-state index contributed by atoms with van der Waals surface area (Å²) in [6.45, 7) is 3.19. The molecule has 0 unspecified atom stereocenters. The van der Waals surface area contributed by atoms with E-state index in [4.69, 9.17) is 20.2 Å². The van der Waals surface area contributed by atoms with Gasteiger partial charge in [-0.25, -0.2) is 4.98 Å². The molecule has 2 N–H and O–H groups in total. The molecule has 30 heavy (non-hydrogen) atoms. The van der Waals surface area contributed by atoms with Gasteiger partial charge in [-0.3, -0.25) is 14.5 Å². The highest BCUT2D eigenvalue weighted by Crippen LogP contribution is 2.38.